The number of carbonyl (C=O) groups excluding carboxylic acids is 1. The molecular formula is C28H27F3O4. The molecule has 35 heavy (non-hydrogen) atoms. The molecule has 1 unspecified atom stereocenters. The second-order valence-corrected chi connectivity index (χ2v) is 8.57. The van der Waals surface area contributed by atoms with E-state index in [1.165, 1.54) is 24.3 Å². The molecular weight excluding hydrogens is 457 g/mol. The summed E-state index contributed by atoms with van der Waals surface area (Å²) in [7, 11) is 0.869. The van der Waals surface area contributed by atoms with Gasteiger partial charge in [0.15, 0.2) is 0 Å². The predicted octanol–water partition coefficient (Wildman–Crippen LogP) is 6.69. The van der Waals surface area contributed by atoms with E-state index in [1.54, 1.807) is 6.07 Å². The first-order chi connectivity index (χ1) is 16.8. The van der Waals surface area contributed by atoms with Crippen LogP contribution in [0, 0.1) is 0 Å². The first-order valence-corrected chi connectivity index (χ1v) is 11.5. The Bertz CT molecular complexity index is 1100. The fraction of sp³-hybridized carbons (Fsp3) is 0.321. The largest absolute Gasteiger partial charge is 0.490 e. The Balaban J connectivity index is 1.43. The summed E-state index contributed by atoms with van der Waals surface area (Å²) < 4.78 is 58.7. The van der Waals surface area contributed by atoms with Gasteiger partial charge in [0, 0.05) is 19.1 Å². The summed E-state index contributed by atoms with van der Waals surface area (Å²) in [5.74, 6) is -0.802. The summed E-state index contributed by atoms with van der Waals surface area (Å²) in [6.07, 6.45) is -3.81. The van der Waals surface area contributed by atoms with E-state index < -0.39 is 23.9 Å². The van der Waals surface area contributed by atoms with Crippen molar-refractivity contribution < 1.29 is 32.2 Å². The van der Waals surface area contributed by atoms with Crippen LogP contribution in [0.25, 0.3) is 11.1 Å². The predicted molar refractivity (Wildman–Crippen MR) is 126 cm³/mol. The molecule has 1 aliphatic carbocycles. The minimum Gasteiger partial charge on any atom is -0.490 e. The van der Waals surface area contributed by atoms with Crippen molar-refractivity contribution in [1.29, 1.82) is 0 Å². The van der Waals surface area contributed by atoms with E-state index in [-0.39, 0.29) is 11.7 Å². The van der Waals surface area contributed by atoms with Gasteiger partial charge in [-0.1, -0.05) is 72.8 Å². The highest BCUT2D eigenvalue weighted by atomic mass is 19.4. The zero-order valence-corrected chi connectivity index (χ0v) is 19.3. The summed E-state index contributed by atoms with van der Waals surface area (Å²) in [6, 6.07) is 24.4. The van der Waals surface area contributed by atoms with Crippen molar-refractivity contribution in [2.75, 3.05) is 7.11 Å². The van der Waals surface area contributed by atoms with Crippen LogP contribution in [-0.4, -0.2) is 31.5 Å². The lowest BCUT2D eigenvalue weighted by atomic mass is 9.91. The van der Waals surface area contributed by atoms with Crippen molar-refractivity contribution in [2.45, 2.75) is 49.7 Å². The first kappa shape index (κ1) is 24.8. The summed E-state index contributed by atoms with van der Waals surface area (Å²) in [5.41, 5.74) is -1.36. The molecule has 0 radical (unpaired) electrons. The van der Waals surface area contributed by atoms with E-state index in [9.17, 15) is 18.0 Å². The standard InChI is InChI=1S/C28H27F3O4/c1-33-27(28(29,30)31,22-11-6-3-7-12-22)26(32)35-25-14-8-13-24(19-25)34-23-17-15-21(16-18-23)20-9-4-2-5-10-20/h2-7,9-12,15-18,24-25H,8,13-14,19H2,1H3/t24?,25-,27-/m0/s1. The lowest BCUT2D eigenvalue weighted by molar-refractivity contribution is -0.278. The second kappa shape index (κ2) is 10.5. The van der Waals surface area contributed by atoms with Crippen molar-refractivity contribution in [3.05, 3.63) is 90.5 Å². The van der Waals surface area contributed by atoms with Gasteiger partial charge in [0.1, 0.15) is 18.0 Å². The van der Waals surface area contributed by atoms with Crippen molar-refractivity contribution in [3.8, 4) is 16.9 Å². The number of alkyl halides is 3. The highest BCUT2D eigenvalue weighted by Gasteiger charge is 2.64. The smallest absolute Gasteiger partial charge is 0.432 e. The van der Waals surface area contributed by atoms with Crippen LogP contribution in [-0.2, 0) is 19.9 Å². The Morgan fingerprint density at radius 1 is 0.800 bits per heavy atom. The van der Waals surface area contributed by atoms with Gasteiger partial charge in [-0.2, -0.15) is 13.2 Å². The normalized spacial score (nSPS) is 20.0. The number of benzene rings is 3. The molecule has 0 amide bonds. The number of halogens is 3. The number of esters is 1. The highest BCUT2D eigenvalue weighted by molar-refractivity contribution is 5.82. The fourth-order valence-electron chi connectivity index (χ4n) is 4.49. The molecule has 0 aliphatic heterocycles. The summed E-state index contributed by atoms with van der Waals surface area (Å²) in [4.78, 5) is 12.9. The van der Waals surface area contributed by atoms with Gasteiger partial charge in [-0.25, -0.2) is 4.79 Å². The van der Waals surface area contributed by atoms with E-state index in [1.807, 2.05) is 54.6 Å². The molecule has 7 heteroatoms. The van der Waals surface area contributed by atoms with Gasteiger partial charge in [-0.05, 0) is 42.5 Å². The zero-order chi connectivity index (χ0) is 24.9. The Morgan fingerprint density at radius 3 is 1.97 bits per heavy atom. The van der Waals surface area contributed by atoms with Crippen LogP contribution >= 0.6 is 0 Å². The third-order valence-electron chi connectivity index (χ3n) is 6.29. The first-order valence-electron chi connectivity index (χ1n) is 11.5. The monoisotopic (exact) mass is 484 g/mol. The third kappa shape index (κ3) is 5.35. The topological polar surface area (TPSA) is 44.8 Å². The van der Waals surface area contributed by atoms with Crippen LogP contribution in [0.5, 0.6) is 5.75 Å². The molecule has 0 N–H and O–H groups in total. The molecule has 1 fully saturated rings. The molecule has 0 saturated heterocycles. The fourth-order valence-corrected chi connectivity index (χ4v) is 4.49. The SMILES string of the molecule is CO[C@](C(=O)O[C@H]1CCCC(Oc2ccc(-c3ccccc3)cc2)C1)(c1ccccc1)C(F)(F)F. The molecule has 0 aromatic heterocycles. The van der Waals surface area contributed by atoms with Crippen LogP contribution in [0.1, 0.15) is 31.2 Å². The van der Waals surface area contributed by atoms with Crippen molar-refractivity contribution >= 4 is 5.97 Å². The van der Waals surface area contributed by atoms with E-state index in [4.69, 9.17) is 14.2 Å². The van der Waals surface area contributed by atoms with E-state index in [0.717, 1.165) is 24.7 Å². The van der Waals surface area contributed by atoms with E-state index in [2.05, 4.69) is 0 Å². The molecule has 4 rings (SSSR count). The minimum atomic E-state index is -4.99. The second-order valence-electron chi connectivity index (χ2n) is 8.57. The van der Waals surface area contributed by atoms with Crippen LogP contribution in [0.15, 0.2) is 84.9 Å². The molecule has 0 bridgehead atoms. The highest BCUT2D eigenvalue weighted by Crippen LogP contribution is 2.43. The lowest BCUT2D eigenvalue weighted by Gasteiger charge is -2.35. The molecule has 3 atom stereocenters. The number of hydrogen-bond donors (Lipinski definition) is 0. The van der Waals surface area contributed by atoms with Crippen LogP contribution < -0.4 is 4.74 Å². The van der Waals surface area contributed by atoms with Gasteiger partial charge in [-0.15, -0.1) is 0 Å². The minimum absolute atomic E-state index is 0.274. The zero-order valence-electron chi connectivity index (χ0n) is 19.3. The van der Waals surface area contributed by atoms with Gasteiger partial charge in [0.2, 0.25) is 0 Å². The lowest BCUT2D eigenvalue weighted by Crippen LogP contribution is -2.53. The van der Waals surface area contributed by atoms with Crippen molar-refractivity contribution in [2.24, 2.45) is 0 Å². The van der Waals surface area contributed by atoms with Crippen molar-refractivity contribution in [1.82, 2.24) is 0 Å². The average Bonchev–Trinajstić information content (AvgIpc) is 2.86. The van der Waals surface area contributed by atoms with Gasteiger partial charge in [0.05, 0.1) is 0 Å². The maximum absolute atomic E-state index is 14.1. The maximum atomic E-state index is 14.1. The summed E-state index contributed by atoms with van der Waals surface area (Å²) in [5, 5.41) is 0. The van der Waals surface area contributed by atoms with Crippen molar-refractivity contribution in [3.63, 3.8) is 0 Å². The molecule has 1 saturated carbocycles. The molecule has 1 aliphatic rings. The molecule has 4 nitrogen and oxygen atoms in total. The van der Waals surface area contributed by atoms with Gasteiger partial charge >= 0.3 is 12.1 Å². The Kier molecular flexibility index (Phi) is 7.45. The Morgan fingerprint density at radius 2 is 1.37 bits per heavy atom. The quantitative estimate of drug-likeness (QED) is 0.351. The summed E-state index contributed by atoms with van der Waals surface area (Å²) >= 11 is 0. The van der Waals surface area contributed by atoms with E-state index >= 15 is 0 Å². The molecule has 184 valence electrons. The molecule has 0 spiro atoms. The number of carbonyl (C=O) groups is 1. The van der Waals surface area contributed by atoms with Gasteiger partial charge in [0.25, 0.3) is 5.60 Å². The van der Waals surface area contributed by atoms with Gasteiger partial charge in [-0.3, -0.25) is 0 Å². The van der Waals surface area contributed by atoms with Crippen LogP contribution in [0.3, 0.4) is 0 Å². The number of hydrogen-bond acceptors (Lipinski definition) is 4. The Hall–Kier alpha value is -3.32. The number of methoxy groups -OCH3 is 1. The third-order valence-corrected chi connectivity index (χ3v) is 6.29. The van der Waals surface area contributed by atoms with Gasteiger partial charge < -0.3 is 14.2 Å². The molecule has 3 aromatic carbocycles. The summed E-state index contributed by atoms with van der Waals surface area (Å²) in [6.45, 7) is 0. The number of rotatable bonds is 7. The molecule has 3 aromatic rings. The van der Waals surface area contributed by atoms with Crippen LogP contribution in [0.2, 0.25) is 0 Å². The Labute approximate surface area is 202 Å². The van der Waals surface area contributed by atoms with E-state index in [0.29, 0.717) is 25.0 Å². The molecule has 0 heterocycles. The number of ether oxygens (including phenoxy) is 3. The maximum Gasteiger partial charge on any atom is 0.432 e. The average molecular weight is 485 g/mol. The van der Waals surface area contributed by atoms with Crippen LogP contribution in [0.4, 0.5) is 13.2 Å².